The number of anilines is 1. The Hall–Kier alpha value is -1.44. The van der Waals surface area contributed by atoms with Gasteiger partial charge in [0.1, 0.15) is 0 Å². The van der Waals surface area contributed by atoms with Crippen molar-refractivity contribution in [3.8, 4) is 0 Å². The van der Waals surface area contributed by atoms with Gasteiger partial charge in [-0.3, -0.25) is 4.79 Å². The second kappa shape index (κ2) is 6.65. The van der Waals surface area contributed by atoms with Crippen molar-refractivity contribution in [2.45, 2.75) is 24.7 Å². The van der Waals surface area contributed by atoms with Crippen molar-refractivity contribution in [2.24, 2.45) is 5.14 Å². The molecular formula is C12H18N2O4S. The number of nitrogens with one attached hydrogen (secondary N) is 1. The molecule has 0 aliphatic heterocycles. The summed E-state index contributed by atoms with van der Waals surface area (Å²) in [5, 5.41) is 7.77. The van der Waals surface area contributed by atoms with Crippen LogP contribution in [0.4, 0.5) is 5.69 Å². The third-order valence-corrected chi connectivity index (χ3v) is 3.67. The quantitative estimate of drug-likeness (QED) is 0.762. The Balaban J connectivity index is 2.83. The van der Waals surface area contributed by atoms with Gasteiger partial charge in [0.15, 0.2) is 0 Å². The number of nitrogens with two attached hydrogens (primary N) is 1. The van der Waals surface area contributed by atoms with E-state index in [-0.39, 0.29) is 10.8 Å². The first-order valence-corrected chi connectivity index (χ1v) is 7.32. The smallest absolute Gasteiger partial charge is 0.238 e. The molecule has 1 amide bonds. The predicted octanol–water partition coefficient (Wildman–Crippen LogP) is 1.01. The summed E-state index contributed by atoms with van der Waals surface area (Å²) in [4.78, 5) is 11.7. The number of methoxy groups -OCH3 is 1. The molecule has 3 N–H and O–H groups in total. The van der Waals surface area contributed by atoms with E-state index in [9.17, 15) is 13.2 Å². The van der Waals surface area contributed by atoms with Gasteiger partial charge in [-0.25, -0.2) is 13.6 Å². The maximum absolute atomic E-state index is 11.7. The minimum atomic E-state index is -3.78. The van der Waals surface area contributed by atoms with Crippen LogP contribution in [-0.2, 0) is 19.6 Å². The molecule has 106 valence electrons. The van der Waals surface area contributed by atoms with Crippen LogP contribution in [0.3, 0.4) is 0 Å². The molecule has 19 heavy (non-hydrogen) atoms. The SMILES string of the molecule is COCCCC(=O)Nc1cccc(S(N)(=O)=O)c1C. The van der Waals surface area contributed by atoms with Gasteiger partial charge in [0.2, 0.25) is 15.9 Å². The van der Waals surface area contributed by atoms with Crippen LogP contribution in [-0.4, -0.2) is 28.0 Å². The Kier molecular flexibility index (Phi) is 5.46. The predicted molar refractivity (Wildman–Crippen MR) is 72.3 cm³/mol. The van der Waals surface area contributed by atoms with Crippen LogP contribution in [0, 0.1) is 6.92 Å². The van der Waals surface area contributed by atoms with Crippen molar-refractivity contribution < 1.29 is 17.9 Å². The van der Waals surface area contributed by atoms with Crippen LogP contribution in [0.25, 0.3) is 0 Å². The number of hydrogen-bond acceptors (Lipinski definition) is 4. The molecule has 1 rings (SSSR count). The first kappa shape index (κ1) is 15.6. The van der Waals surface area contributed by atoms with Crippen molar-refractivity contribution >= 4 is 21.6 Å². The summed E-state index contributed by atoms with van der Waals surface area (Å²) in [6.07, 6.45) is 0.920. The number of carbonyl (C=O) groups is 1. The van der Waals surface area contributed by atoms with Gasteiger partial charge in [-0.1, -0.05) is 6.07 Å². The zero-order chi connectivity index (χ0) is 14.5. The molecule has 1 aromatic carbocycles. The lowest BCUT2D eigenvalue weighted by atomic mass is 10.2. The first-order chi connectivity index (χ1) is 8.86. The number of hydrogen-bond donors (Lipinski definition) is 2. The number of rotatable bonds is 6. The Bertz CT molecular complexity index is 555. The maximum atomic E-state index is 11.7. The number of carbonyl (C=O) groups excluding carboxylic acids is 1. The molecule has 0 saturated carbocycles. The number of sulfonamides is 1. The van der Waals surface area contributed by atoms with Crippen molar-refractivity contribution in [3.63, 3.8) is 0 Å². The van der Waals surface area contributed by atoms with Gasteiger partial charge in [0.05, 0.1) is 4.90 Å². The second-order valence-corrected chi connectivity index (χ2v) is 5.65. The highest BCUT2D eigenvalue weighted by molar-refractivity contribution is 7.89. The number of amides is 1. The van der Waals surface area contributed by atoms with E-state index in [2.05, 4.69) is 5.32 Å². The van der Waals surface area contributed by atoms with E-state index in [0.717, 1.165) is 0 Å². The largest absolute Gasteiger partial charge is 0.385 e. The molecule has 7 heteroatoms. The molecule has 0 radical (unpaired) electrons. The summed E-state index contributed by atoms with van der Waals surface area (Å²) < 4.78 is 27.6. The summed E-state index contributed by atoms with van der Waals surface area (Å²) in [6, 6.07) is 4.58. The summed E-state index contributed by atoms with van der Waals surface area (Å²) in [5.41, 5.74) is 0.888. The number of primary sulfonamides is 1. The molecule has 0 heterocycles. The molecular weight excluding hydrogens is 268 g/mol. The van der Waals surface area contributed by atoms with Crippen LogP contribution in [0.5, 0.6) is 0 Å². The minimum Gasteiger partial charge on any atom is -0.385 e. The fourth-order valence-corrected chi connectivity index (χ4v) is 2.45. The number of benzene rings is 1. The molecule has 0 saturated heterocycles. The van der Waals surface area contributed by atoms with E-state index in [1.165, 1.54) is 12.1 Å². The third-order valence-electron chi connectivity index (χ3n) is 2.62. The fraction of sp³-hybridized carbons (Fsp3) is 0.417. The lowest BCUT2D eigenvalue weighted by molar-refractivity contribution is -0.116. The molecule has 0 aliphatic carbocycles. The zero-order valence-electron chi connectivity index (χ0n) is 11.0. The van der Waals surface area contributed by atoms with E-state index in [4.69, 9.17) is 9.88 Å². The highest BCUT2D eigenvalue weighted by Crippen LogP contribution is 2.22. The van der Waals surface area contributed by atoms with Crippen molar-refractivity contribution in [2.75, 3.05) is 19.0 Å². The lowest BCUT2D eigenvalue weighted by Gasteiger charge is -2.11. The van der Waals surface area contributed by atoms with Crippen molar-refractivity contribution in [3.05, 3.63) is 23.8 Å². The highest BCUT2D eigenvalue weighted by atomic mass is 32.2. The van der Waals surface area contributed by atoms with Gasteiger partial charge >= 0.3 is 0 Å². The topological polar surface area (TPSA) is 98.5 Å². The van der Waals surface area contributed by atoms with Crippen LogP contribution >= 0.6 is 0 Å². The first-order valence-electron chi connectivity index (χ1n) is 5.77. The average molecular weight is 286 g/mol. The van der Waals surface area contributed by atoms with E-state index >= 15 is 0 Å². The molecule has 0 fully saturated rings. The monoisotopic (exact) mass is 286 g/mol. The maximum Gasteiger partial charge on any atom is 0.238 e. The summed E-state index contributed by atoms with van der Waals surface area (Å²) in [7, 11) is -2.22. The van der Waals surface area contributed by atoms with Crippen LogP contribution in [0.1, 0.15) is 18.4 Å². The zero-order valence-corrected chi connectivity index (χ0v) is 11.8. The van der Waals surface area contributed by atoms with E-state index in [0.29, 0.717) is 30.7 Å². The molecule has 0 spiro atoms. The summed E-state index contributed by atoms with van der Waals surface area (Å²) in [5.74, 6) is -0.188. The molecule has 0 unspecified atom stereocenters. The van der Waals surface area contributed by atoms with Crippen LogP contribution in [0.15, 0.2) is 23.1 Å². The van der Waals surface area contributed by atoms with Gasteiger partial charge in [-0.15, -0.1) is 0 Å². The molecule has 1 aromatic rings. The van der Waals surface area contributed by atoms with Gasteiger partial charge in [0.25, 0.3) is 0 Å². The third kappa shape index (κ3) is 4.62. The lowest BCUT2D eigenvalue weighted by Crippen LogP contribution is -2.17. The minimum absolute atomic E-state index is 0.0159. The Morgan fingerprint density at radius 3 is 2.68 bits per heavy atom. The summed E-state index contributed by atoms with van der Waals surface area (Å²) in [6.45, 7) is 2.11. The van der Waals surface area contributed by atoms with E-state index in [1.807, 2.05) is 0 Å². The van der Waals surface area contributed by atoms with Crippen molar-refractivity contribution in [1.82, 2.24) is 0 Å². The fourth-order valence-electron chi connectivity index (χ4n) is 1.65. The second-order valence-electron chi connectivity index (χ2n) is 4.12. The normalized spacial score (nSPS) is 11.3. The van der Waals surface area contributed by atoms with Crippen molar-refractivity contribution in [1.29, 1.82) is 0 Å². The molecule has 0 atom stereocenters. The molecule has 6 nitrogen and oxygen atoms in total. The van der Waals surface area contributed by atoms with Crippen LogP contribution < -0.4 is 10.5 Å². The van der Waals surface area contributed by atoms with Gasteiger partial charge < -0.3 is 10.1 Å². The van der Waals surface area contributed by atoms with E-state index in [1.54, 1.807) is 20.1 Å². The van der Waals surface area contributed by atoms with E-state index < -0.39 is 10.0 Å². The standard InChI is InChI=1S/C12H18N2O4S/c1-9-10(14-12(15)7-4-8-18-2)5-3-6-11(9)19(13,16)17/h3,5-6H,4,7-8H2,1-2H3,(H,14,15)(H2,13,16,17). The van der Waals surface area contributed by atoms with Gasteiger partial charge in [0, 0.05) is 25.8 Å². The molecule has 0 aliphatic rings. The molecule has 0 aromatic heterocycles. The Morgan fingerprint density at radius 1 is 1.42 bits per heavy atom. The van der Waals surface area contributed by atoms with Gasteiger partial charge in [-0.05, 0) is 31.0 Å². The summed E-state index contributed by atoms with van der Waals surface area (Å²) >= 11 is 0. The Labute approximate surface area is 113 Å². The van der Waals surface area contributed by atoms with Crippen LogP contribution in [0.2, 0.25) is 0 Å². The Morgan fingerprint density at radius 2 is 2.11 bits per heavy atom. The molecule has 0 bridgehead atoms. The van der Waals surface area contributed by atoms with Gasteiger partial charge in [-0.2, -0.15) is 0 Å². The highest BCUT2D eigenvalue weighted by Gasteiger charge is 2.14. The average Bonchev–Trinajstić information content (AvgIpc) is 2.30. The number of ether oxygens (including phenoxy) is 1.